The second-order valence-corrected chi connectivity index (χ2v) is 8.87. The molecule has 5 rings (SSSR count). The minimum Gasteiger partial charge on any atom is -0.328 e. The Morgan fingerprint density at radius 3 is 2.78 bits per heavy atom. The standard InChI is InChI=1S/C22H16Cl2N6OS/c1-12-18(21(31)27-17-6-2-3-9-25-17)19(14-8-7-13(23)11-15(14)24)30-22(26-12)28-20(29-30)16-5-4-10-32-16/h2-11,19H,1H3,(H,25,27,31)(H,26,28,29). The Kier molecular flexibility index (Phi) is 5.42. The molecule has 1 amide bonds. The van der Waals surface area contributed by atoms with E-state index >= 15 is 0 Å². The Morgan fingerprint density at radius 1 is 1.19 bits per heavy atom. The summed E-state index contributed by atoms with van der Waals surface area (Å²) >= 11 is 14.3. The van der Waals surface area contributed by atoms with Crippen LogP contribution in [-0.4, -0.2) is 25.7 Å². The van der Waals surface area contributed by atoms with Crippen LogP contribution in [0.25, 0.3) is 10.7 Å². The van der Waals surface area contributed by atoms with E-state index in [1.165, 1.54) is 0 Å². The molecule has 0 saturated heterocycles. The van der Waals surface area contributed by atoms with E-state index in [1.54, 1.807) is 58.6 Å². The fraction of sp³-hybridized carbons (Fsp3) is 0.0909. The maximum absolute atomic E-state index is 13.4. The highest BCUT2D eigenvalue weighted by molar-refractivity contribution is 7.13. The van der Waals surface area contributed by atoms with Gasteiger partial charge in [-0.1, -0.05) is 41.4 Å². The zero-order valence-corrected chi connectivity index (χ0v) is 19.0. The number of allylic oxidation sites excluding steroid dienone is 1. The molecule has 3 aromatic heterocycles. The smallest absolute Gasteiger partial charge is 0.257 e. The topological polar surface area (TPSA) is 84.7 Å². The van der Waals surface area contributed by atoms with Gasteiger partial charge >= 0.3 is 0 Å². The molecule has 10 heteroatoms. The Labute approximate surface area is 197 Å². The van der Waals surface area contributed by atoms with Gasteiger partial charge in [0.05, 0.1) is 10.5 Å². The van der Waals surface area contributed by atoms with E-state index in [2.05, 4.69) is 20.6 Å². The molecule has 0 spiro atoms. The van der Waals surface area contributed by atoms with E-state index < -0.39 is 6.04 Å². The predicted molar refractivity (Wildman–Crippen MR) is 127 cm³/mol. The molecule has 4 heterocycles. The SMILES string of the molecule is CC1=C(C(=O)Nc2ccccn2)C(c2ccc(Cl)cc2Cl)n2nc(-c3cccs3)nc2N1. The average Bonchev–Trinajstić information content (AvgIpc) is 3.43. The molecular weight excluding hydrogens is 467 g/mol. The van der Waals surface area contributed by atoms with Crippen LogP contribution in [0.2, 0.25) is 10.0 Å². The molecule has 0 fully saturated rings. The van der Waals surface area contributed by atoms with Crippen molar-refractivity contribution in [1.82, 2.24) is 19.7 Å². The van der Waals surface area contributed by atoms with E-state index in [4.69, 9.17) is 28.3 Å². The number of benzene rings is 1. The maximum Gasteiger partial charge on any atom is 0.257 e. The molecule has 32 heavy (non-hydrogen) atoms. The van der Waals surface area contributed by atoms with Gasteiger partial charge in [0, 0.05) is 27.5 Å². The number of amides is 1. The monoisotopic (exact) mass is 482 g/mol. The van der Waals surface area contributed by atoms with Crippen LogP contribution >= 0.6 is 34.5 Å². The van der Waals surface area contributed by atoms with E-state index in [0.29, 0.717) is 44.5 Å². The van der Waals surface area contributed by atoms with Crippen LogP contribution in [0, 0.1) is 0 Å². The fourth-order valence-electron chi connectivity index (χ4n) is 3.59. The average molecular weight is 483 g/mol. The highest BCUT2D eigenvalue weighted by Gasteiger charge is 2.35. The van der Waals surface area contributed by atoms with Gasteiger partial charge in [0.15, 0.2) is 5.82 Å². The van der Waals surface area contributed by atoms with Crippen LogP contribution in [0.15, 0.2) is 71.4 Å². The first kappa shape index (κ1) is 20.7. The Morgan fingerprint density at radius 2 is 2.06 bits per heavy atom. The molecule has 1 unspecified atom stereocenters. The summed E-state index contributed by atoms with van der Waals surface area (Å²) in [5.74, 6) is 1.22. The zero-order valence-electron chi connectivity index (χ0n) is 16.7. The summed E-state index contributed by atoms with van der Waals surface area (Å²) in [4.78, 5) is 23.2. The van der Waals surface area contributed by atoms with Crippen LogP contribution in [0.3, 0.4) is 0 Å². The number of nitrogens with one attached hydrogen (secondary N) is 2. The molecule has 0 bridgehead atoms. The molecule has 0 radical (unpaired) electrons. The van der Waals surface area contributed by atoms with E-state index in [-0.39, 0.29) is 5.91 Å². The van der Waals surface area contributed by atoms with Gasteiger partial charge in [-0.05, 0) is 42.6 Å². The van der Waals surface area contributed by atoms with Crippen LogP contribution in [0.5, 0.6) is 0 Å². The molecular formula is C22H16Cl2N6OS. The number of thiophene rings is 1. The second-order valence-electron chi connectivity index (χ2n) is 7.08. The number of pyridine rings is 1. The quantitative estimate of drug-likeness (QED) is 0.393. The summed E-state index contributed by atoms with van der Waals surface area (Å²) < 4.78 is 1.69. The lowest BCUT2D eigenvalue weighted by molar-refractivity contribution is -0.113. The lowest BCUT2D eigenvalue weighted by atomic mass is 9.95. The number of carbonyl (C=O) groups excluding carboxylic acids is 1. The first-order chi connectivity index (χ1) is 15.5. The number of hydrogen-bond donors (Lipinski definition) is 2. The second kappa shape index (κ2) is 8.38. The van der Waals surface area contributed by atoms with Crippen molar-refractivity contribution in [2.45, 2.75) is 13.0 Å². The van der Waals surface area contributed by atoms with Gasteiger partial charge in [-0.3, -0.25) is 4.79 Å². The van der Waals surface area contributed by atoms with Crippen molar-refractivity contribution < 1.29 is 4.79 Å². The van der Waals surface area contributed by atoms with Crippen LogP contribution in [-0.2, 0) is 4.79 Å². The molecule has 1 aliphatic heterocycles. The zero-order chi connectivity index (χ0) is 22.2. The van der Waals surface area contributed by atoms with Gasteiger partial charge in [0.25, 0.3) is 5.91 Å². The molecule has 1 aliphatic rings. The Bertz CT molecular complexity index is 1330. The first-order valence-corrected chi connectivity index (χ1v) is 11.3. The number of carbonyl (C=O) groups is 1. The van der Waals surface area contributed by atoms with Crippen molar-refractivity contribution in [2.75, 3.05) is 10.6 Å². The molecule has 4 aromatic rings. The normalized spacial score (nSPS) is 15.3. The summed E-state index contributed by atoms with van der Waals surface area (Å²) in [7, 11) is 0. The number of nitrogens with zero attached hydrogens (tertiary/aromatic N) is 4. The Balaban J connectivity index is 1.64. The van der Waals surface area contributed by atoms with Gasteiger partial charge in [-0.15, -0.1) is 16.4 Å². The van der Waals surface area contributed by atoms with Gasteiger partial charge in [0.1, 0.15) is 11.9 Å². The van der Waals surface area contributed by atoms with Crippen molar-refractivity contribution in [3.63, 3.8) is 0 Å². The lowest BCUT2D eigenvalue weighted by Gasteiger charge is -2.29. The van der Waals surface area contributed by atoms with Crippen LogP contribution in [0.1, 0.15) is 18.5 Å². The van der Waals surface area contributed by atoms with E-state index in [0.717, 1.165) is 4.88 Å². The van der Waals surface area contributed by atoms with Crippen LogP contribution < -0.4 is 10.6 Å². The number of aromatic nitrogens is 4. The minimum atomic E-state index is -0.610. The first-order valence-electron chi connectivity index (χ1n) is 9.67. The van der Waals surface area contributed by atoms with E-state index in [9.17, 15) is 4.79 Å². The molecule has 0 saturated carbocycles. The number of fused-ring (bicyclic) bond motifs is 1. The molecule has 160 valence electrons. The van der Waals surface area contributed by atoms with Gasteiger partial charge < -0.3 is 10.6 Å². The Hall–Kier alpha value is -3.20. The number of anilines is 2. The van der Waals surface area contributed by atoms with Crippen molar-refractivity contribution in [3.8, 4) is 10.7 Å². The lowest BCUT2D eigenvalue weighted by Crippen LogP contribution is -2.31. The summed E-state index contributed by atoms with van der Waals surface area (Å²) in [5.41, 5.74) is 1.79. The maximum atomic E-state index is 13.4. The molecule has 2 N–H and O–H groups in total. The summed E-state index contributed by atoms with van der Waals surface area (Å²) in [6, 6.07) is 13.8. The largest absolute Gasteiger partial charge is 0.328 e. The third-order valence-corrected chi connectivity index (χ3v) is 6.43. The fourth-order valence-corrected chi connectivity index (χ4v) is 4.75. The third-order valence-electron chi connectivity index (χ3n) is 5.00. The van der Waals surface area contributed by atoms with E-state index in [1.807, 2.05) is 24.4 Å². The molecule has 1 atom stereocenters. The van der Waals surface area contributed by atoms with Crippen molar-refractivity contribution in [2.24, 2.45) is 0 Å². The molecule has 0 aliphatic carbocycles. The highest BCUT2D eigenvalue weighted by atomic mass is 35.5. The number of halogens is 2. The van der Waals surface area contributed by atoms with Gasteiger partial charge in [-0.25, -0.2) is 9.67 Å². The van der Waals surface area contributed by atoms with Gasteiger partial charge in [0.2, 0.25) is 5.95 Å². The third kappa shape index (κ3) is 3.77. The number of rotatable bonds is 4. The van der Waals surface area contributed by atoms with Crippen molar-refractivity contribution in [1.29, 1.82) is 0 Å². The molecule has 1 aromatic carbocycles. The van der Waals surface area contributed by atoms with Crippen LogP contribution in [0.4, 0.5) is 11.8 Å². The number of hydrogen-bond acceptors (Lipinski definition) is 6. The minimum absolute atomic E-state index is 0.316. The summed E-state index contributed by atoms with van der Waals surface area (Å²) in [6.07, 6.45) is 1.62. The van der Waals surface area contributed by atoms with Crippen molar-refractivity contribution >= 4 is 52.2 Å². The highest BCUT2D eigenvalue weighted by Crippen LogP contribution is 2.40. The molecule has 7 nitrogen and oxygen atoms in total. The summed E-state index contributed by atoms with van der Waals surface area (Å²) in [5, 5.41) is 13.7. The predicted octanol–water partition coefficient (Wildman–Crippen LogP) is 5.64. The van der Waals surface area contributed by atoms with Crippen molar-refractivity contribution in [3.05, 3.63) is 87.0 Å². The summed E-state index contributed by atoms with van der Waals surface area (Å²) in [6.45, 7) is 1.83. The van der Waals surface area contributed by atoms with Gasteiger partial charge in [-0.2, -0.15) is 4.98 Å².